The van der Waals surface area contributed by atoms with Gasteiger partial charge in [-0.15, -0.1) is 11.3 Å². The van der Waals surface area contributed by atoms with Gasteiger partial charge in [0.1, 0.15) is 22.8 Å². The number of carbonyl (C=O) groups is 1. The molecular weight excluding hydrogens is 398 g/mol. The molecule has 30 heavy (non-hydrogen) atoms. The SMILES string of the molecule is Cc1oc2cc(Oc3ccnc4ccsc34)ccc2c1C(=O)NCc1ccncc1. The topological polar surface area (TPSA) is 77.2 Å². The van der Waals surface area contributed by atoms with Gasteiger partial charge < -0.3 is 14.5 Å². The van der Waals surface area contributed by atoms with Crippen LogP contribution in [0.4, 0.5) is 0 Å². The van der Waals surface area contributed by atoms with E-state index in [0.29, 0.717) is 29.2 Å². The highest BCUT2D eigenvalue weighted by molar-refractivity contribution is 7.17. The van der Waals surface area contributed by atoms with E-state index in [9.17, 15) is 4.79 Å². The van der Waals surface area contributed by atoms with E-state index in [4.69, 9.17) is 9.15 Å². The van der Waals surface area contributed by atoms with Gasteiger partial charge in [-0.05, 0) is 48.2 Å². The quantitative estimate of drug-likeness (QED) is 0.412. The van der Waals surface area contributed by atoms with Gasteiger partial charge in [-0.1, -0.05) is 0 Å². The van der Waals surface area contributed by atoms with Crippen molar-refractivity contribution in [2.45, 2.75) is 13.5 Å². The second-order valence-corrected chi connectivity index (χ2v) is 7.69. The van der Waals surface area contributed by atoms with Crippen LogP contribution in [0.5, 0.6) is 11.5 Å². The van der Waals surface area contributed by atoms with E-state index in [1.54, 1.807) is 36.9 Å². The third kappa shape index (κ3) is 3.40. The van der Waals surface area contributed by atoms with Crippen molar-refractivity contribution in [1.29, 1.82) is 0 Å². The molecule has 0 spiro atoms. The smallest absolute Gasteiger partial charge is 0.255 e. The Morgan fingerprint density at radius 1 is 1.13 bits per heavy atom. The Morgan fingerprint density at radius 3 is 2.87 bits per heavy atom. The molecule has 148 valence electrons. The number of furan rings is 1. The average molecular weight is 415 g/mol. The summed E-state index contributed by atoms with van der Waals surface area (Å²) in [5, 5.41) is 5.68. The zero-order valence-corrected chi connectivity index (χ0v) is 16.9. The van der Waals surface area contributed by atoms with E-state index < -0.39 is 0 Å². The first-order valence-electron chi connectivity index (χ1n) is 9.39. The van der Waals surface area contributed by atoms with Crippen LogP contribution < -0.4 is 10.1 Å². The van der Waals surface area contributed by atoms with Crippen LogP contribution in [0.1, 0.15) is 21.7 Å². The first-order valence-corrected chi connectivity index (χ1v) is 10.3. The summed E-state index contributed by atoms with van der Waals surface area (Å²) < 4.78 is 12.9. The number of pyridine rings is 2. The minimum absolute atomic E-state index is 0.175. The maximum Gasteiger partial charge on any atom is 0.255 e. The van der Waals surface area contributed by atoms with Crippen molar-refractivity contribution in [3.05, 3.63) is 83.3 Å². The molecule has 0 radical (unpaired) electrons. The maximum absolute atomic E-state index is 12.8. The van der Waals surface area contributed by atoms with Crippen molar-refractivity contribution in [3.8, 4) is 11.5 Å². The van der Waals surface area contributed by atoms with Crippen molar-refractivity contribution < 1.29 is 13.9 Å². The summed E-state index contributed by atoms with van der Waals surface area (Å²) in [6, 6.07) is 13.0. The Morgan fingerprint density at radius 2 is 2.00 bits per heavy atom. The van der Waals surface area contributed by atoms with Crippen LogP contribution in [-0.4, -0.2) is 15.9 Å². The van der Waals surface area contributed by atoms with Gasteiger partial charge in [0.25, 0.3) is 5.91 Å². The lowest BCUT2D eigenvalue weighted by Gasteiger charge is -2.07. The summed E-state index contributed by atoms with van der Waals surface area (Å²) in [4.78, 5) is 21.1. The summed E-state index contributed by atoms with van der Waals surface area (Å²) in [5.74, 6) is 1.78. The highest BCUT2D eigenvalue weighted by Gasteiger charge is 2.19. The molecule has 4 aromatic heterocycles. The van der Waals surface area contributed by atoms with E-state index in [1.165, 1.54) is 0 Å². The maximum atomic E-state index is 12.8. The third-order valence-corrected chi connectivity index (χ3v) is 5.72. The number of fused-ring (bicyclic) bond motifs is 2. The van der Waals surface area contributed by atoms with E-state index in [0.717, 1.165) is 26.9 Å². The van der Waals surface area contributed by atoms with Crippen molar-refractivity contribution in [2.75, 3.05) is 0 Å². The van der Waals surface area contributed by atoms with E-state index >= 15 is 0 Å². The molecule has 0 aliphatic rings. The first-order chi connectivity index (χ1) is 14.7. The van der Waals surface area contributed by atoms with Crippen LogP contribution in [0, 0.1) is 6.92 Å². The minimum atomic E-state index is -0.175. The molecule has 1 aromatic carbocycles. The second-order valence-electron chi connectivity index (χ2n) is 6.78. The van der Waals surface area contributed by atoms with Crippen LogP contribution in [0.3, 0.4) is 0 Å². The Kier molecular flexibility index (Phi) is 4.65. The number of aryl methyl sites for hydroxylation is 1. The lowest BCUT2D eigenvalue weighted by molar-refractivity contribution is 0.0951. The monoisotopic (exact) mass is 415 g/mol. The number of hydrogen-bond acceptors (Lipinski definition) is 6. The van der Waals surface area contributed by atoms with E-state index in [1.807, 2.05) is 47.8 Å². The summed E-state index contributed by atoms with van der Waals surface area (Å²) in [6.45, 7) is 2.22. The molecule has 0 saturated carbocycles. The number of ether oxygens (including phenoxy) is 1. The van der Waals surface area contributed by atoms with Crippen LogP contribution in [-0.2, 0) is 6.54 Å². The number of thiophene rings is 1. The Balaban J connectivity index is 1.41. The Bertz CT molecular complexity index is 1360. The van der Waals surface area contributed by atoms with Gasteiger partial charge in [-0.25, -0.2) is 0 Å². The number of aromatic nitrogens is 2. The van der Waals surface area contributed by atoms with E-state index in [-0.39, 0.29) is 5.91 Å². The predicted octanol–water partition coefficient (Wildman–Crippen LogP) is 5.47. The Hall–Kier alpha value is -3.71. The van der Waals surface area contributed by atoms with Crippen molar-refractivity contribution in [3.63, 3.8) is 0 Å². The van der Waals surface area contributed by atoms with Crippen molar-refractivity contribution in [2.24, 2.45) is 0 Å². The summed E-state index contributed by atoms with van der Waals surface area (Å²) in [5.41, 5.74) is 3.03. The molecule has 0 bridgehead atoms. The zero-order valence-electron chi connectivity index (χ0n) is 16.1. The van der Waals surface area contributed by atoms with Gasteiger partial charge in [-0.3, -0.25) is 14.8 Å². The third-order valence-electron chi connectivity index (χ3n) is 4.80. The van der Waals surface area contributed by atoms with Crippen molar-refractivity contribution >= 4 is 38.4 Å². The highest BCUT2D eigenvalue weighted by Crippen LogP contribution is 2.35. The number of benzene rings is 1. The number of amides is 1. The number of hydrogen-bond donors (Lipinski definition) is 1. The summed E-state index contributed by atoms with van der Waals surface area (Å²) in [7, 11) is 0. The fourth-order valence-corrected chi connectivity index (χ4v) is 4.17. The molecule has 1 N–H and O–H groups in total. The molecule has 0 aliphatic carbocycles. The minimum Gasteiger partial charge on any atom is -0.460 e. The van der Waals surface area contributed by atoms with Gasteiger partial charge in [0.2, 0.25) is 0 Å². The normalized spacial score (nSPS) is 11.1. The van der Waals surface area contributed by atoms with Gasteiger partial charge in [-0.2, -0.15) is 0 Å². The molecule has 0 aliphatic heterocycles. The van der Waals surface area contributed by atoms with Crippen LogP contribution in [0.15, 0.2) is 70.9 Å². The first kappa shape index (κ1) is 18.3. The zero-order chi connectivity index (χ0) is 20.5. The van der Waals surface area contributed by atoms with Crippen LogP contribution in [0.25, 0.3) is 21.2 Å². The molecule has 6 nitrogen and oxygen atoms in total. The molecule has 5 rings (SSSR count). The standard InChI is InChI=1S/C23H17N3O3S/c1-14-21(23(27)26-13-15-4-8-24-9-5-15)17-3-2-16(12-20(17)28-14)29-19-6-10-25-18-7-11-30-22(18)19/h2-12H,13H2,1H3,(H,26,27). The number of nitrogens with one attached hydrogen (secondary N) is 1. The van der Waals surface area contributed by atoms with E-state index in [2.05, 4.69) is 15.3 Å². The van der Waals surface area contributed by atoms with Gasteiger partial charge in [0.15, 0.2) is 0 Å². The molecule has 7 heteroatoms. The molecule has 0 atom stereocenters. The molecule has 0 unspecified atom stereocenters. The second kappa shape index (κ2) is 7.61. The fraction of sp³-hybridized carbons (Fsp3) is 0.0870. The average Bonchev–Trinajstić information content (AvgIpc) is 3.37. The van der Waals surface area contributed by atoms with Gasteiger partial charge >= 0.3 is 0 Å². The summed E-state index contributed by atoms with van der Waals surface area (Å²) >= 11 is 1.58. The molecule has 5 aromatic rings. The van der Waals surface area contributed by atoms with Crippen molar-refractivity contribution in [1.82, 2.24) is 15.3 Å². The lowest BCUT2D eigenvalue weighted by Crippen LogP contribution is -2.23. The highest BCUT2D eigenvalue weighted by atomic mass is 32.1. The molecule has 4 heterocycles. The largest absolute Gasteiger partial charge is 0.460 e. The number of carbonyl (C=O) groups excluding carboxylic acids is 1. The number of nitrogens with zero attached hydrogens (tertiary/aromatic N) is 2. The lowest BCUT2D eigenvalue weighted by atomic mass is 10.1. The van der Waals surface area contributed by atoms with Crippen LogP contribution >= 0.6 is 11.3 Å². The van der Waals surface area contributed by atoms with Gasteiger partial charge in [0.05, 0.1) is 15.8 Å². The molecular formula is C23H17N3O3S. The molecule has 0 saturated heterocycles. The van der Waals surface area contributed by atoms with Crippen LogP contribution in [0.2, 0.25) is 0 Å². The molecule has 1 amide bonds. The predicted molar refractivity (Wildman–Crippen MR) is 116 cm³/mol. The number of rotatable bonds is 5. The Labute approximate surface area is 176 Å². The van der Waals surface area contributed by atoms with Gasteiger partial charge in [0, 0.05) is 42.7 Å². The molecule has 0 fully saturated rings. The summed E-state index contributed by atoms with van der Waals surface area (Å²) in [6.07, 6.45) is 5.13. The fourth-order valence-electron chi connectivity index (χ4n) is 3.37.